The maximum absolute atomic E-state index is 11.3. The summed E-state index contributed by atoms with van der Waals surface area (Å²) in [4.78, 5) is 9.22. The molecule has 7 nitrogen and oxygen atoms in total. The highest BCUT2D eigenvalue weighted by atomic mass is 32.2. The quantitative estimate of drug-likeness (QED) is 0.355. The molecular weight excluding hydrogens is 386 g/mol. The van der Waals surface area contributed by atoms with Crippen molar-refractivity contribution in [1.29, 1.82) is 0 Å². The van der Waals surface area contributed by atoms with E-state index in [0.29, 0.717) is 12.5 Å². The monoisotopic (exact) mass is 423 g/mol. The molecule has 2 rings (SSSR count). The Hall–Kier alpha value is -1.64. The summed E-state index contributed by atoms with van der Waals surface area (Å²) in [6, 6.07) is 11.2. The van der Waals surface area contributed by atoms with E-state index in [1.165, 1.54) is 11.8 Å². The van der Waals surface area contributed by atoms with E-state index < -0.39 is 9.84 Å². The first-order valence-corrected chi connectivity index (χ1v) is 12.5. The average Bonchev–Trinajstić information content (AvgIpc) is 2.69. The molecule has 0 aliphatic carbocycles. The molecule has 1 aliphatic rings. The van der Waals surface area contributed by atoms with E-state index >= 15 is 0 Å². The number of rotatable bonds is 9. The van der Waals surface area contributed by atoms with Crippen LogP contribution < -0.4 is 10.6 Å². The average molecular weight is 424 g/mol. The Morgan fingerprint density at radius 1 is 1.28 bits per heavy atom. The number of likely N-dealkylation sites (N-methyl/N-ethyl adjacent to an activating group) is 1. The van der Waals surface area contributed by atoms with Crippen LogP contribution in [-0.2, 0) is 9.84 Å². The molecule has 0 bridgehead atoms. The van der Waals surface area contributed by atoms with E-state index in [1.54, 1.807) is 7.05 Å². The van der Waals surface area contributed by atoms with Gasteiger partial charge in [0.1, 0.15) is 9.84 Å². The fourth-order valence-corrected chi connectivity index (χ4v) is 4.38. The van der Waals surface area contributed by atoms with Crippen molar-refractivity contribution in [1.82, 2.24) is 20.4 Å². The van der Waals surface area contributed by atoms with Crippen molar-refractivity contribution in [3.05, 3.63) is 35.9 Å². The van der Waals surface area contributed by atoms with Gasteiger partial charge in [0.2, 0.25) is 0 Å². The summed E-state index contributed by atoms with van der Waals surface area (Å²) in [6.45, 7) is 7.06. The van der Waals surface area contributed by atoms with Crippen LogP contribution in [0.3, 0.4) is 0 Å². The Bertz CT molecular complexity index is 739. The van der Waals surface area contributed by atoms with Gasteiger partial charge in [-0.15, -0.1) is 0 Å². The summed E-state index contributed by atoms with van der Waals surface area (Å²) in [5, 5.41) is 6.63. The van der Waals surface area contributed by atoms with Gasteiger partial charge in [-0.2, -0.15) is 0 Å². The summed E-state index contributed by atoms with van der Waals surface area (Å²) < 4.78 is 22.6. The van der Waals surface area contributed by atoms with Crippen molar-refractivity contribution in [2.24, 2.45) is 4.99 Å². The van der Waals surface area contributed by atoms with Crippen molar-refractivity contribution in [2.45, 2.75) is 31.8 Å². The molecule has 2 unspecified atom stereocenters. The zero-order valence-corrected chi connectivity index (χ0v) is 19.1. The molecule has 1 aromatic rings. The number of aliphatic imine (C=N–C) groups is 1. The molecule has 0 aromatic heterocycles. The number of sulfone groups is 1. The van der Waals surface area contributed by atoms with Crippen LogP contribution in [-0.4, -0.2) is 89.0 Å². The standard InChI is InChI=1S/C21H37N5O2S/c1-18(11-16-29(4,27)28)24-21(22-2)23-12-8-13-26-15-14-25(3)17-20(26)19-9-6-5-7-10-19/h5-7,9-10,18,20H,8,11-17H2,1-4H3,(H2,22,23,24). The molecule has 1 heterocycles. The largest absolute Gasteiger partial charge is 0.356 e. The highest BCUT2D eigenvalue weighted by Crippen LogP contribution is 2.24. The lowest BCUT2D eigenvalue weighted by molar-refractivity contribution is 0.0891. The lowest BCUT2D eigenvalue weighted by Gasteiger charge is -2.40. The molecule has 1 aromatic carbocycles. The third-order valence-corrected chi connectivity index (χ3v) is 6.30. The van der Waals surface area contributed by atoms with Gasteiger partial charge < -0.3 is 15.5 Å². The molecule has 2 atom stereocenters. The number of piperazine rings is 1. The van der Waals surface area contributed by atoms with E-state index in [0.717, 1.165) is 45.1 Å². The summed E-state index contributed by atoms with van der Waals surface area (Å²) in [6.07, 6.45) is 2.86. The Kier molecular flexibility index (Phi) is 9.39. The van der Waals surface area contributed by atoms with E-state index in [1.807, 2.05) is 6.92 Å². The molecule has 8 heteroatoms. The normalized spacial score (nSPS) is 20.4. The highest BCUT2D eigenvalue weighted by molar-refractivity contribution is 7.90. The van der Waals surface area contributed by atoms with Crippen LogP contribution in [0, 0.1) is 0 Å². The first kappa shape index (κ1) is 23.6. The maximum Gasteiger partial charge on any atom is 0.191 e. The number of nitrogens with one attached hydrogen (secondary N) is 2. The molecule has 0 radical (unpaired) electrons. The van der Waals surface area contributed by atoms with Gasteiger partial charge in [0.05, 0.1) is 5.75 Å². The molecule has 1 aliphatic heterocycles. The van der Waals surface area contributed by atoms with Crippen LogP contribution in [0.25, 0.3) is 0 Å². The lowest BCUT2D eigenvalue weighted by Crippen LogP contribution is -2.48. The fourth-order valence-electron chi connectivity index (χ4n) is 3.60. The Morgan fingerprint density at radius 2 is 2.00 bits per heavy atom. The minimum Gasteiger partial charge on any atom is -0.356 e. The second-order valence-electron chi connectivity index (χ2n) is 8.04. The zero-order chi connectivity index (χ0) is 21.3. The van der Waals surface area contributed by atoms with Gasteiger partial charge in [-0.1, -0.05) is 30.3 Å². The summed E-state index contributed by atoms with van der Waals surface area (Å²) in [7, 11) is 0.994. The number of benzene rings is 1. The van der Waals surface area contributed by atoms with Crippen LogP contribution >= 0.6 is 0 Å². The number of nitrogens with zero attached hydrogens (tertiary/aromatic N) is 3. The van der Waals surface area contributed by atoms with Crippen molar-refractivity contribution in [3.8, 4) is 0 Å². The van der Waals surface area contributed by atoms with Gasteiger partial charge in [-0.05, 0) is 32.4 Å². The van der Waals surface area contributed by atoms with Crippen molar-refractivity contribution in [3.63, 3.8) is 0 Å². The molecular formula is C21H37N5O2S. The SMILES string of the molecule is CN=C(NCCCN1CCN(C)CC1c1ccccc1)NC(C)CCS(C)(=O)=O. The molecule has 29 heavy (non-hydrogen) atoms. The van der Waals surface area contributed by atoms with Crippen molar-refractivity contribution in [2.75, 3.05) is 58.8 Å². The Labute approximate surface area is 176 Å². The van der Waals surface area contributed by atoms with Crippen LogP contribution in [0.4, 0.5) is 0 Å². The minimum absolute atomic E-state index is 0.0519. The lowest BCUT2D eigenvalue weighted by atomic mass is 10.0. The van der Waals surface area contributed by atoms with Gasteiger partial charge in [-0.25, -0.2) is 8.42 Å². The van der Waals surface area contributed by atoms with Crippen LogP contribution in [0.2, 0.25) is 0 Å². The van der Waals surface area contributed by atoms with Crippen LogP contribution in [0.1, 0.15) is 31.4 Å². The molecule has 1 fully saturated rings. The number of guanidine groups is 1. The third kappa shape index (κ3) is 8.72. The van der Waals surface area contributed by atoms with Crippen molar-refractivity contribution >= 4 is 15.8 Å². The minimum atomic E-state index is -2.94. The predicted octanol–water partition coefficient (Wildman–Crippen LogP) is 1.35. The van der Waals surface area contributed by atoms with E-state index in [2.05, 4.69) is 62.8 Å². The smallest absolute Gasteiger partial charge is 0.191 e. The Balaban J connectivity index is 1.77. The van der Waals surface area contributed by atoms with Crippen LogP contribution in [0.15, 0.2) is 35.3 Å². The fraction of sp³-hybridized carbons (Fsp3) is 0.667. The highest BCUT2D eigenvalue weighted by Gasteiger charge is 2.25. The second-order valence-corrected chi connectivity index (χ2v) is 10.3. The third-order valence-electron chi connectivity index (χ3n) is 5.32. The van der Waals surface area contributed by atoms with Gasteiger partial charge >= 0.3 is 0 Å². The van der Waals surface area contributed by atoms with Gasteiger partial charge in [0, 0.05) is 58.1 Å². The van der Waals surface area contributed by atoms with Gasteiger partial charge in [0.15, 0.2) is 5.96 Å². The molecule has 164 valence electrons. The zero-order valence-electron chi connectivity index (χ0n) is 18.3. The molecule has 1 saturated heterocycles. The maximum atomic E-state index is 11.3. The van der Waals surface area contributed by atoms with E-state index in [-0.39, 0.29) is 11.8 Å². The van der Waals surface area contributed by atoms with Gasteiger partial charge in [-0.3, -0.25) is 9.89 Å². The van der Waals surface area contributed by atoms with Gasteiger partial charge in [0.25, 0.3) is 0 Å². The van der Waals surface area contributed by atoms with Crippen LogP contribution in [0.5, 0.6) is 0 Å². The predicted molar refractivity (Wildman–Crippen MR) is 121 cm³/mol. The first-order chi connectivity index (χ1) is 13.8. The molecule has 2 N–H and O–H groups in total. The molecule has 0 spiro atoms. The summed E-state index contributed by atoms with van der Waals surface area (Å²) >= 11 is 0. The van der Waals surface area contributed by atoms with E-state index in [9.17, 15) is 8.42 Å². The molecule has 0 saturated carbocycles. The number of hydrogen-bond acceptors (Lipinski definition) is 5. The topological polar surface area (TPSA) is 77.0 Å². The first-order valence-electron chi connectivity index (χ1n) is 10.4. The van der Waals surface area contributed by atoms with Crippen molar-refractivity contribution < 1.29 is 8.42 Å². The van der Waals surface area contributed by atoms with E-state index in [4.69, 9.17) is 0 Å². The summed E-state index contributed by atoms with van der Waals surface area (Å²) in [5.74, 6) is 0.909. The second kappa shape index (κ2) is 11.5. The Morgan fingerprint density at radius 3 is 2.66 bits per heavy atom. The number of hydrogen-bond donors (Lipinski definition) is 2. The summed E-state index contributed by atoms with van der Waals surface area (Å²) in [5.41, 5.74) is 1.38. The molecule has 0 amide bonds.